The molecule has 0 bridgehead atoms. The van der Waals surface area contributed by atoms with Crippen LogP contribution in [-0.4, -0.2) is 29.1 Å². The van der Waals surface area contributed by atoms with Gasteiger partial charge in [0.05, 0.1) is 10.6 Å². The third-order valence-corrected chi connectivity index (χ3v) is 4.62. The predicted molar refractivity (Wildman–Crippen MR) is 80.6 cm³/mol. The van der Waals surface area contributed by atoms with Crippen molar-refractivity contribution in [2.24, 2.45) is 5.92 Å². The molecule has 0 unspecified atom stereocenters. The molecule has 1 aliphatic carbocycles. The van der Waals surface area contributed by atoms with E-state index in [1.807, 2.05) is 7.05 Å². The van der Waals surface area contributed by atoms with Crippen LogP contribution in [0.1, 0.15) is 49.4 Å². The van der Waals surface area contributed by atoms with Crippen LogP contribution in [0.2, 0.25) is 5.02 Å². The number of anilines is 1. The number of aromatic carboxylic acids is 1. The number of pyridine rings is 1. The van der Waals surface area contributed by atoms with Gasteiger partial charge in [0.2, 0.25) is 0 Å². The largest absolute Gasteiger partial charge is 0.478 e. The van der Waals surface area contributed by atoms with Gasteiger partial charge < -0.3 is 10.0 Å². The molecule has 0 radical (unpaired) electrons. The van der Waals surface area contributed by atoms with Crippen molar-refractivity contribution >= 4 is 23.4 Å². The van der Waals surface area contributed by atoms with Gasteiger partial charge in [-0.2, -0.15) is 0 Å². The standard InChI is InChI=1S/C15H21ClN2O2/c1-3-10-4-6-12(7-5-10)18(2)14-13(16)8-11(9-17-14)15(19)20/h8-10,12H,3-7H2,1-2H3,(H,19,20). The van der Waals surface area contributed by atoms with Crippen LogP contribution in [0.15, 0.2) is 12.3 Å². The van der Waals surface area contributed by atoms with E-state index in [4.69, 9.17) is 16.7 Å². The van der Waals surface area contributed by atoms with Crippen molar-refractivity contribution in [3.05, 3.63) is 22.8 Å². The second-order valence-electron chi connectivity index (χ2n) is 5.53. The highest BCUT2D eigenvalue weighted by molar-refractivity contribution is 6.33. The Kier molecular flexibility index (Phi) is 4.86. The minimum absolute atomic E-state index is 0.127. The maximum absolute atomic E-state index is 10.9. The highest BCUT2D eigenvalue weighted by Crippen LogP contribution is 2.33. The summed E-state index contributed by atoms with van der Waals surface area (Å²) in [5.41, 5.74) is 0.127. The summed E-state index contributed by atoms with van der Waals surface area (Å²) in [6, 6.07) is 1.92. The van der Waals surface area contributed by atoms with E-state index in [1.165, 1.54) is 31.5 Å². The number of halogens is 1. The quantitative estimate of drug-likeness (QED) is 0.917. The zero-order chi connectivity index (χ0) is 14.7. The van der Waals surface area contributed by atoms with Gasteiger partial charge in [-0.25, -0.2) is 9.78 Å². The van der Waals surface area contributed by atoms with E-state index in [9.17, 15) is 4.79 Å². The van der Waals surface area contributed by atoms with E-state index in [2.05, 4.69) is 16.8 Å². The lowest BCUT2D eigenvalue weighted by molar-refractivity contribution is 0.0696. The first-order chi connectivity index (χ1) is 9.52. The molecule has 1 aromatic heterocycles. The summed E-state index contributed by atoms with van der Waals surface area (Å²) >= 11 is 6.18. The third-order valence-electron chi connectivity index (χ3n) is 4.34. The van der Waals surface area contributed by atoms with Crippen LogP contribution in [0.3, 0.4) is 0 Å². The van der Waals surface area contributed by atoms with Crippen molar-refractivity contribution in [2.45, 2.75) is 45.1 Å². The summed E-state index contributed by atoms with van der Waals surface area (Å²) < 4.78 is 0. The Balaban J connectivity index is 2.09. The monoisotopic (exact) mass is 296 g/mol. The number of carboxylic acid groups (broad SMARTS) is 1. The molecule has 4 nitrogen and oxygen atoms in total. The van der Waals surface area contributed by atoms with E-state index < -0.39 is 5.97 Å². The molecule has 0 amide bonds. The van der Waals surface area contributed by atoms with E-state index in [-0.39, 0.29) is 5.56 Å². The number of hydrogen-bond donors (Lipinski definition) is 1. The van der Waals surface area contributed by atoms with E-state index >= 15 is 0 Å². The fourth-order valence-electron chi connectivity index (χ4n) is 2.92. The normalized spacial score (nSPS) is 22.6. The highest BCUT2D eigenvalue weighted by atomic mass is 35.5. The molecule has 110 valence electrons. The first-order valence-electron chi connectivity index (χ1n) is 7.14. The lowest BCUT2D eigenvalue weighted by Gasteiger charge is -2.35. The van der Waals surface area contributed by atoms with E-state index in [0.29, 0.717) is 16.9 Å². The van der Waals surface area contributed by atoms with Crippen molar-refractivity contribution in [3.63, 3.8) is 0 Å². The van der Waals surface area contributed by atoms with E-state index in [1.54, 1.807) is 0 Å². The Labute approximate surface area is 124 Å². The molecule has 0 aromatic carbocycles. The number of carboxylic acids is 1. The molecular weight excluding hydrogens is 276 g/mol. The fraction of sp³-hybridized carbons (Fsp3) is 0.600. The van der Waals surface area contributed by atoms with Gasteiger partial charge in [-0.05, 0) is 37.7 Å². The molecule has 1 saturated carbocycles. The molecule has 0 spiro atoms. The number of hydrogen-bond acceptors (Lipinski definition) is 3. The van der Waals surface area contributed by atoms with Gasteiger partial charge in [0.25, 0.3) is 0 Å². The van der Waals surface area contributed by atoms with Crippen LogP contribution in [-0.2, 0) is 0 Å². The van der Waals surface area contributed by atoms with Crippen molar-refractivity contribution in [3.8, 4) is 0 Å². The second kappa shape index (κ2) is 6.44. The first-order valence-corrected chi connectivity index (χ1v) is 7.52. The zero-order valence-electron chi connectivity index (χ0n) is 12.0. The Hall–Kier alpha value is -1.29. The molecule has 1 N–H and O–H groups in total. The fourth-order valence-corrected chi connectivity index (χ4v) is 3.22. The van der Waals surface area contributed by atoms with Crippen LogP contribution in [0.25, 0.3) is 0 Å². The minimum atomic E-state index is -1.00. The van der Waals surface area contributed by atoms with Gasteiger partial charge in [0.1, 0.15) is 5.82 Å². The van der Waals surface area contributed by atoms with Crippen molar-refractivity contribution in [1.29, 1.82) is 0 Å². The average molecular weight is 297 g/mol. The van der Waals surface area contributed by atoms with Crippen LogP contribution in [0.5, 0.6) is 0 Å². The SMILES string of the molecule is CCC1CCC(N(C)c2ncc(C(=O)O)cc2Cl)CC1. The Morgan fingerprint density at radius 1 is 1.45 bits per heavy atom. The van der Waals surface area contributed by atoms with E-state index in [0.717, 1.165) is 18.8 Å². The maximum Gasteiger partial charge on any atom is 0.337 e. The van der Waals surface area contributed by atoms with Crippen LogP contribution < -0.4 is 4.90 Å². The van der Waals surface area contributed by atoms with Gasteiger partial charge in [0, 0.05) is 19.3 Å². The molecule has 1 aromatic rings. The molecule has 0 saturated heterocycles. The second-order valence-corrected chi connectivity index (χ2v) is 5.94. The summed E-state index contributed by atoms with van der Waals surface area (Å²) in [5, 5.41) is 9.34. The van der Waals surface area contributed by atoms with Crippen molar-refractivity contribution in [1.82, 2.24) is 4.98 Å². The molecular formula is C15H21ClN2O2. The number of rotatable bonds is 4. The van der Waals surface area contributed by atoms with Gasteiger partial charge in [-0.15, -0.1) is 0 Å². The maximum atomic E-state index is 10.9. The smallest absolute Gasteiger partial charge is 0.337 e. The first kappa shape index (κ1) is 15.1. The molecule has 20 heavy (non-hydrogen) atoms. The molecule has 2 rings (SSSR count). The Bertz CT molecular complexity index is 485. The van der Waals surface area contributed by atoms with Crippen LogP contribution in [0.4, 0.5) is 5.82 Å². The van der Waals surface area contributed by atoms with Crippen LogP contribution >= 0.6 is 11.6 Å². The summed E-state index contributed by atoms with van der Waals surface area (Å²) in [5.74, 6) is 0.520. The predicted octanol–water partition coefficient (Wildman–Crippen LogP) is 3.84. The minimum Gasteiger partial charge on any atom is -0.478 e. The molecule has 0 atom stereocenters. The number of aromatic nitrogens is 1. The summed E-state index contributed by atoms with van der Waals surface area (Å²) in [4.78, 5) is 17.2. The van der Waals surface area contributed by atoms with Crippen molar-refractivity contribution < 1.29 is 9.90 Å². The molecule has 1 aliphatic rings. The lowest BCUT2D eigenvalue weighted by Crippen LogP contribution is -2.35. The van der Waals surface area contributed by atoms with Crippen LogP contribution in [0, 0.1) is 5.92 Å². The molecule has 1 heterocycles. The summed E-state index contributed by atoms with van der Waals surface area (Å²) in [7, 11) is 1.99. The lowest BCUT2D eigenvalue weighted by atomic mass is 9.84. The van der Waals surface area contributed by atoms with Gasteiger partial charge >= 0.3 is 5.97 Å². The number of nitrogens with zero attached hydrogens (tertiary/aromatic N) is 2. The highest BCUT2D eigenvalue weighted by Gasteiger charge is 2.25. The Morgan fingerprint density at radius 3 is 2.60 bits per heavy atom. The third kappa shape index (κ3) is 3.23. The number of carbonyl (C=O) groups is 1. The van der Waals surface area contributed by atoms with Crippen molar-refractivity contribution in [2.75, 3.05) is 11.9 Å². The van der Waals surface area contributed by atoms with Gasteiger partial charge in [-0.3, -0.25) is 0 Å². The Morgan fingerprint density at radius 2 is 2.10 bits per heavy atom. The average Bonchev–Trinajstić information content (AvgIpc) is 2.46. The topological polar surface area (TPSA) is 53.4 Å². The molecule has 0 aliphatic heterocycles. The zero-order valence-corrected chi connectivity index (χ0v) is 12.7. The molecule has 5 heteroatoms. The van der Waals surface area contributed by atoms with Gasteiger partial charge in [-0.1, -0.05) is 24.9 Å². The summed E-state index contributed by atoms with van der Waals surface area (Å²) in [6.45, 7) is 2.25. The summed E-state index contributed by atoms with van der Waals surface area (Å²) in [6.07, 6.45) is 7.41. The van der Waals surface area contributed by atoms with Gasteiger partial charge in [0.15, 0.2) is 0 Å². The molecule has 1 fully saturated rings.